The Hall–Kier alpha value is -1.46. The zero-order chi connectivity index (χ0) is 14.7. The van der Waals surface area contributed by atoms with E-state index in [1.54, 1.807) is 20.3 Å². The molecule has 112 valence electrons. The minimum atomic E-state index is 0.243. The quantitative estimate of drug-likeness (QED) is 0.854. The summed E-state index contributed by atoms with van der Waals surface area (Å²) < 4.78 is 16.6. The molecule has 1 fully saturated rings. The SMILES string of the molecule is COc1cc(N)cc(CN2CC(C)OC(C)C2)c1OC. The second kappa shape index (κ2) is 6.33. The predicted molar refractivity (Wildman–Crippen MR) is 79.2 cm³/mol. The third-order valence-electron chi connectivity index (χ3n) is 3.47. The maximum absolute atomic E-state index is 5.94. The number of anilines is 1. The average molecular weight is 280 g/mol. The molecule has 1 saturated heterocycles. The minimum Gasteiger partial charge on any atom is -0.493 e. The average Bonchev–Trinajstić information content (AvgIpc) is 2.36. The molecule has 20 heavy (non-hydrogen) atoms. The lowest BCUT2D eigenvalue weighted by atomic mass is 10.1. The second-order valence-corrected chi connectivity index (χ2v) is 5.37. The molecule has 5 heteroatoms. The minimum absolute atomic E-state index is 0.243. The lowest BCUT2D eigenvalue weighted by molar-refractivity contribution is -0.0706. The van der Waals surface area contributed by atoms with E-state index >= 15 is 0 Å². The van der Waals surface area contributed by atoms with Gasteiger partial charge in [-0.1, -0.05) is 0 Å². The number of methoxy groups -OCH3 is 2. The summed E-state index contributed by atoms with van der Waals surface area (Å²) in [6.45, 7) is 6.79. The van der Waals surface area contributed by atoms with Gasteiger partial charge < -0.3 is 19.9 Å². The van der Waals surface area contributed by atoms with Crippen molar-refractivity contribution in [1.29, 1.82) is 0 Å². The summed E-state index contributed by atoms with van der Waals surface area (Å²) in [5, 5.41) is 0. The first kappa shape index (κ1) is 14.9. The topological polar surface area (TPSA) is 57.0 Å². The van der Waals surface area contributed by atoms with Crippen molar-refractivity contribution in [3.8, 4) is 11.5 Å². The molecule has 0 amide bonds. The molecule has 2 atom stereocenters. The highest BCUT2D eigenvalue weighted by atomic mass is 16.5. The Labute approximate surface area is 120 Å². The van der Waals surface area contributed by atoms with Crippen LogP contribution in [-0.4, -0.2) is 44.4 Å². The van der Waals surface area contributed by atoms with Gasteiger partial charge in [0.15, 0.2) is 11.5 Å². The van der Waals surface area contributed by atoms with Crippen molar-refractivity contribution < 1.29 is 14.2 Å². The standard InChI is InChI=1S/C15H24N2O3/c1-10-7-17(8-11(2)20-10)9-12-5-13(16)6-14(18-3)15(12)19-4/h5-6,10-11H,7-9,16H2,1-4H3. The fourth-order valence-electron chi connectivity index (χ4n) is 2.84. The molecular formula is C15H24N2O3. The summed E-state index contributed by atoms with van der Waals surface area (Å²) in [6.07, 6.45) is 0.486. The predicted octanol–water partition coefficient (Wildman–Crippen LogP) is 1.90. The van der Waals surface area contributed by atoms with Crippen molar-refractivity contribution in [3.05, 3.63) is 17.7 Å². The first-order chi connectivity index (χ1) is 9.53. The number of ether oxygens (including phenoxy) is 3. The fraction of sp³-hybridized carbons (Fsp3) is 0.600. The maximum atomic E-state index is 5.94. The van der Waals surface area contributed by atoms with E-state index in [0.717, 1.165) is 30.9 Å². The highest BCUT2D eigenvalue weighted by Crippen LogP contribution is 2.34. The van der Waals surface area contributed by atoms with Gasteiger partial charge in [0.05, 0.1) is 26.4 Å². The normalized spacial score (nSPS) is 23.6. The molecule has 2 rings (SSSR count). The summed E-state index contributed by atoms with van der Waals surface area (Å²) in [4.78, 5) is 2.36. The van der Waals surface area contributed by atoms with Crippen LogP contribution < -0.4 is 15.2 Å². The third kappa shape index (κ3) is 3.35. The van der Waals surface area contributed by atoms with Gasteiger partial charge in [-0.15, -0.1) is 0 Å². The van der Waals surface area contributed by atoms with Crippen molar-refractivity contribution in [3.63, 3.8) is 0 Å². The number of rotatable bonds is 4. The smallest absolute Gasteiger partial charge is 0.165 e. The Kier molecular flexibility index (Phi) is 4.73. The van der Waals surface area contributed by atoms with Crippen LogP contribution >= 0.6 is 0 Å². The Balaban J connectivity index is 2.21. The molecule has 0 spiro atoms. The van der Waals surface area contributed by atoms with Crippen LogP contribution in [0.15, 0.2) is 12.1 Å². The monoisotopic (exact) mass is 280 g/mol. The molecule has 1 aromatic carbocycles. The second-order valence-electron chi connectivity index (χ2n) is 5.37. The number of benzene rings is 1. The zero-order valence-electron chi connectivity index (χ0n) is 12.7. The van der Waals surface area contributed by atoms with Crippen LogP contribution in [0.25, 0.3) is 0 Å². The molecule has 1 heterocycles. The Morgan fingerprint density at radius 1 is 1.20 bits per heavy atom. The van der Waals surface area contributed by atoms with Gasteiger partial charge in [-0.2, -0.15) is 0 Å². The fourth-order valence-corrected chi connectivity index (χ4v) is 2.84. The molecular weight excluding hydrogens is 256 g/mol. The highest BCUT2D eigenvalue weighted by Gasteiger charge is 2.23. The Morgan fingerprint density at radius 3 is 2.40 bits per heavy atom. The molecule has 0 aromatic heterocycles. The number of nitrogens with two attached hydrogens (primary N) is 1. The summed E-state index contributed by atoms with van der Waals surface area (Å²) in [7, 11) is 3.28. The number of nitrogens with zero attached hydrogens (tertiary/aromatic N) is 1. The number of hydrogen-bond acceptors (Lipinski definition) is 5. The van der Waals surface area contributed by atoms with Gasteiger partial charge in [0.2, 0.25) is 0 Å². The number of nitrogen functional groups attached to an aromatic ring is 1. The van der Waals surface area contributed by atoms with Crippen LogP contribution in [-0.2, 0) is 11.3 Å². The van der Waals surface area contributed by atoms with Crippen molar-refractivity contribution in [2.45, 2.75) is 32.6 Å². The van der Waals surface area contributed by atoms with Crippen LogP contribution in [0.5, 0.6) is 11.5 Å². The summed E-state index contributed by atoms with van der Waals surface area (Å²) in [6, 6.07) is 3.74. The Bertz CT molecular complexity index is 455. The van der Waals surface area contributed by atoms with E-state index in [1.807, 2.05) is 6.07 Å². The van der Waals surface area contributed by atoms with E-state index in [2.05, 4.69) is 18.7 Å². The molecule has 0 saturated carbocycles. The van der Waals surface area contributed by atoms with Gasteiger partial charge in [0, 0.05) is 37.0 Å². The number of morpholine rings is 1. The van der Waals surface area contributed by atoms with Crippen LogP contribution in [0.2, 0.25) is 0 Å². The van der Waals surface area contributed by atoms with E-state index in [9.17, 15) is 0 Å². The molecule has 1 aliphatic heterocycles. The van der Waals surface area contributed by atoms with Gasteiger partial charge >= 0.3 is 0 Å². The molecule has 0 bridgehead atoms. The highest BCUT2D eigenvalue weighted by molar-refractivity contribution is 5.57. The largest absolute Gasteiger partial charge is 0.493 e. The van der Waals surface area contributed by atoms with Gasteiger partial charge in [-0.05, 0) is 19.9 Å². The lowest BCUT2D eigenvalue weighted by Crippen LogP contribution is -2.44. The summed E-state index contributed by atoms with van der Waals surface area (Å²) in [5.74, 6) is 1.44. The molecule has 0 radical (unpaired) electrons. The molecule has 5 nitrogen and oxygen atoms in total. The van der Waals surface area contributed by atoms with Gasteiger partial charge in [-0.3, -0.25) is 4.90 Å². The van der Waals surface area contributed by atoms with E-state index in [4.69, 9.17) is 19.9 Å². The van der Waals surface area contributed by atoms with E-state index in [1.165, 1.54) is 0 Å². The van der Waals surface area contributed by atoms with Crippen molar-refractivity contribution >= 4 is 5.69 Å². The molecule has 0 aliphatic carbocycles. The van der Waals surface area contributed by atoms with Gasteiger partial charge in [0.25, 0.3) is 0 Å². The van der Waals surface area contributed by atoms with Crippen molar-refractivity contribution in [2.24, 2.45) is 0 Å². The lowest BCUT2D eigenvalue weighted by Gasteiger charge is -2.35. The van der Waals surface area contributed by atoms with E-state index < -0.39 is 0 Å². The van der Waals surface area contributed by atoms with E-state index in [0.29, 0.717) is 11.4 Å². The zero-order valence-corrected chi connectivity index (χ0v) is 12.7. The van der Waals surface area contributed by atoms with Gasteiger partial charge in [0.1, 0.15) is 0 Å². The van der Waals surface area contributed by atoms with Crippen molar-refractivity contribution in [1.82, 2.24) is 4.90 Å². The first-order valence-electron chi connectivity index (χ1n) is 6.91. The van der Waals surface area contributed by atoms with Crippen LogP contribution in [0, 0.1) is 0 Å². The molecule has 1 aromatic rings. The molecule has 2 N–H and O–H groups in total. The van der Waals surface area contributed by atoms with Gasteiger partial charge in [-0.25, -0.2) is 0 Å². The van der Waals surface area contributed by atoms with Crippen LogP contribution in [0.4, 0.5) is 5.69 Å². The first-order valence-corrected chi connectivity index (χ1v) is 6.91. The summed E-state index contributed by atoms with van der Waals surface area (Å²) >= 11 is 0. The Morgan fingerprint density at radius 2 is 1.85 bits per heavy atom. The maximum Gasteiger partial charge on any atom is 0.165 e. The molecule has 2 unspecified atom stereocenters. The number of hydrogen-bond donors (Lipinski definition) is 1. The third-order valence-corrected chi connectivity index (χ3v) is 3.47. The van der Waals surface area contributed by atoms with Crippen LogP contribution in [0.1, 0.15) is 19.4 Å². The van der Waals surface area contributed by atoms with Crippen LogP contribution in [0.3, 0.4) is 0 Å². The summed E-state index contributed by atoms with van der Waals surface area (Å²) in [5.41, 5.74) is 7.67. The van der Waals surface area contributed by atoms with Crippen molar-refractivity contribution in [2.75, 3.05) is 33.0 Å². The molecule has 1 aliphatic rings. The van der Waals surface area contributed by atoms with E-state index in [-0.39, 0.29) is 12.2 Å².